The van der Waals surface area contributed by atoms with Gasteiger partial charge in [-0.25, -0.2) is 0 Å². The van der Waals surface area contributed by atoms with Crippen molar-refractivity contribution in [2.45, 2.75) is 6.42 Å². The van der Waals surface area contributed by atoms with Crippen molar-refractivity contribution in [3.8, 4) is 0 Å². The van der Waals surface area contributed by atoms with Crippen molar-refractivity contribution >= 4 is 11.5 Å². The number of hydrogen-bond acceptors (Lipinski definition) is 3. The van der Waals surface area contributed by atoms with E-state index in [1.807, 2.05) is 0 Å². The van der Waals surface area contributed by atoms with Crippen LogP contribution >= 0.6 is 0 Å². The van der Waals surface area contributed by atoms with Gasteiger partial charge in [0, 0.05) is 12.5 Å². The molecule has 0 amide bonds. The van der Waals surface area contributed by atoms with Gasteiger partial charge in [-0.2, -0.15) is 4.39 Å². The summed E-state index contributed by atoms with van der Waals surface area (Å²) in [5.74, 6) is -1.01. The molecule has 0 spiro atoms. The second-order valence-corrected chi connectivity index (χ2v) is 2.74. The highest BCUT2D eigenvalue weighted by Gasteiger charge is 2.14. The third-order valence-electron chi connectivity index (χ3n) is 1.60. The van der Waals surface area contributed by atoms with Crippen LogP contribution in [0, 0.1) is 21.3 Å². The Hall–Kier alpha value is -1.98. The third kappa shape index (κ3) is 2.25. The average molecular weight is 197 g/mol. The fraction of sp³-hybridized carbons (Fsp3) is 0.125. The number of nitrogens with one attached hydrogen (secondary N) is 1. The van der Waals surface area contributed by atoms with Crippen LogP contribution in [-0.2, 0) is 6.42 Å². The molecule has 1 aromatic carbocycles. The van der Waals surface area contributed by atoms with Gasteiger partial charge in [0.25, 0.3) is 0 Å². The normalized spacial score (nSPS) is 9.79. The van der Waals surface area contributed by atoms with Crippen LogP contribution in [0.5, 0.6) is 0 Å². The molecule has 0 atom stereocenters. The molecule has 0 radical (unpaired) electrons. The largest absolute Gasteiger partial charge is 0.387 e. The maximum atomic E-state index is 12.8. The Bertz CT molecular complexity index is 392. The maximum Gasteiger partial charge on any atom is 0.305 e. The second kappa shape index (κ2) is 3.82. The van der Waals surface area contributed by atoms with E-state index in [1.165, 1.54) is 6.07 Å². The summed E-state index contributed by atoms with van der Waals surface area (Å²) in [7, 11) is 0. The first-order valence-electron chi connectivity index (χ1n) is 3.76. The summed E-state index contributed by atoms with van der Waals surface area (Å²) in [6.45, 7) is 0. The van der Waals surface area contributed by atoms with Gasteiger partial charge in [0.2, 0.25) is 5.82 Å². The minimum absolute atomic E-state index is 0.0844. The number of nitro groups is 1. The van der Waals surface area contributed by atoms with Crippen molar-refractivity contribution in [3.63, 3.8) is 0 Å². The standard InChI is InChI=1S/C8H8FN3O2/c9-6-2-1-5(4-8(10)11)3-7(6)12(13)14/h1-3H,4H2,(H3,10,11). The molecule has 3 N–H and O–H groups in total. The zero-order valence-electron chi connectivity index (χ0n) is 7.16. The second-order valence-electron chi connectivity index (χ2n) is 2.74. The molecule has 0 heterocycles. The highest BCUT2D eigenvalue weighted by atomic mass is 19.1. The molecule has 0 bridgehead atoms. The van der Waals surface area contributed by atoms with Gasteiger partial charge in [-0.3, -0.25) is 15.5 Å². The molecule has 0 aliphatic heterocycles. The molecule has 74 valence electrons. The lowest BCUT2D eigenvalue weighted by atomic mass is 10.1. The van der Waals surface area contributed by atoms with E-state index >= 15 is 0 Å². The minimum Gasteiger partial charge on any atom is -0.387 e. The fourth-order valence-corrected chi connectivity index (χ4v) is 1.03. The highest BCUT2D eigenvalue weighted by Crippen LogP contribution is 2.18. The maximum absolute atomic E-state index is 12.8. The van der Waals surface area contributed by atoms with Crippen LogP contribution in [0.25, 0.3) is 0 Å². The van der Waals surface area contributed by atoms with Crippen LogP contribution in [0.2, 0.25) is 0 Å². The van der Waals surface area contributed by atoms with Gasteiger partial charge in [0.05, 0.1) is 10.8 Å². The molecule has 0 aromatic heterocycles. The van der Waals surface area contributed by atoms with E-state index in [4.69, 9.17) is 11.1 Å². The van der Waals surface area contributed by atoms with Crippen LogP contribution in [0.4, 0.5) is 10.1 Å². The highest BCUT2D eigenvalue weighted by molar-refractivity contribution is 5.79. The fourth-order valence-electron chi connectivity index (χ4n) is 1.03. The van der Waals surface area contributed by atoms with E-state index in [9.17, 15) is 14.5 Å². The Morgan fingerprint density at radius 1 is 1.64 bits per heavy atom. The molecule has 0 saturated heterocycles. The van der Waals surface area contributed by atoms with E-state index in [2.05, 4.69) is 0 Å². The van der Waals surface area contributed by atoms with E-state index in [-0.39, 0.29) is 12.3 Å². The van der Waals surface area contributed by atoms with Crippen molar-refractivity contribution < 1.29 is 9.31 Å². The van der Waals surface area contributed by atoms with Crippen molar-refractivity contribution in [2.75, 3.05) is 0 Å². The molecule has 0 saturated carbocycles. The number of hydrogen-bond donors (Lipinski definition) is 2. The van der Waals surface area contributed by atoms with Crippen molar-refractivity contribution in [1.82, 2.24) is 0 Å². The quantitative estimate of drug-likeness (QED) is 0.330. The number of nitrogens with zero attached hydrogens (tertiary/aromatic N) is 1. The zero-order valence-corrected chi connectivity index (χ0v) is 7.16. The van der Waals surface area contributed by atoms with Gasteiger partial charge in [0.1, 0.15) is 0 Å². The number of amidine groups is 1. The molecule has 1 aromatic rings. The molecule has 14 heavy (non-hydrogen) atoms. The molecule has 0 aliphatic rings. The third-order valence-corrected chi connectivity index (χ3v) is 1.60. The Morgan fingerprint density at radius 2 is 2.29 bits per heavy atom. The van der Waals surface area contributed by atoms with Crippen molar-refractivity contribution in [3.05, 3.63) is 39.7 Å². The molecular formula is C8H8FN3O2. The first-order chi connectivity index (χ1) is 6.50. The topological polar surface area (TPSA) is 93.0 Å². The number of nitrogens with two attached hydrogens (primary N) is 1. The summed E-state index contributed by atoms with van der Waals surface area (Å²) in [5, 5.41) is 17.3. The molecule has 1 rings (SSSR count). The number of nitro benzene ring substituents is 1. The average Bonchev–Trinajstić information content (AvgIpc) is 2.07. The summed E-state index contributed by atoms with van der Waals surface area (Å²) in [6.07, 6.45) is 0.0844. The monoisotopic (exact) mass is 197 g/mol. The molecule has 5 nitrogen and oxygen atoms in total. The first-order valence-corrected chi connectivity index (χ1v) is 3.76. The summed E-state index contributed by atoms with van der Waals surface area (Å²) in [5.41, 5.74) is 4.96. The number of rotatable bonds is 3. The lowest BCUT2D eigenvalue weighted by molar-refractivity contribution is -0.387. The van der Waals surface area contributed by atoms with E-state index in [1.54, 1.807) is 0 Å². The lowest BCUT2D eigenvalue weighted by Gasteiger charge is -1.99. The first kappa shape index (κ1) is 10.1. The Balaban J connectivity index is 3.06. The molecule has 6 heteroatoms. The van der Waals surface area contributed by atoms with Crippen molar-refractivity contribution in [2.24, 2.45) is 5.73 Å². The Morgan fingerprint density at radius 3 is 2.79 bits per heavy atom. The van der Waals surface area contributed by atoms with Gasteiger partial charge in [-0.05, 0) is 11.6 Å². The van der Waals surface area contributed by atoms with Crippen LogP contribution in [0.15, 0.2) is 18.2 Å². The number of halogens is 1. The van der Waals surface area contributed by atoms with E-state index < -0.39 is 16.4 Å². The summed E-state index contributed by atoms with van der Waals surface area (Å²) in [4.78, 5) is 9.53. The van der Waals surface area contributed by atoms with Crippen molar-refractivity contribution in [1.29, 1.82) is 5.41 Å². The van der Waals surface area contributed by atoms with Crippen LogP contribution < -0.4 is 5.73 Å². The number of benzene rings is 1. The Kier molecular flexibility index (Phi) is 2.76. The van der Waals surface area contributed by atoms with Gasteiger partial charge in [0.15, 0.2) is 0 Å². The zero-order chi connectivity index (χ0) is 10.7. The predicted molar refractivity (Wildman–Crippen MR) is 48.7 cm³/mol. The SMILES string of the molecule is N=C(N)Cc1ccc(F)c([N+](=O)[O-])c1. The molecule has 0 aliphatic carbocycles. The molecule has 0 unspecified atom stereocenters. The minimum atomic E-state index is -0.887. The van der Waals surface area contributed by atoms with Crippen LogP contribution in [0.1, 0.15) is 5.56 Å². The van der Waals surface area contributed by atoms with Crippen LogP contribution in [0.3, 0.4) is 0 Å². The summed E-state index contributed by atoms with van der Waals surface area (Å²) in [6, 6.07) is 3.44. The molecular weight excluding hydrogens is 189 g/mol. The predicted octanol–water partition coefficient (Wildman–Crippen LogP) is 1.21. The van der Waals surface area contributed by atoms with Gasteiger partial charge >= 0.3 is 5.69 Å². The lowest BCUT2D eigenvalue weighted by Crippen LogP contribution is -2.12. The van der Waals surface area contributed by atoms with Crippen LogP contribution in [-0.4, -0.2) is 10.8 Å². The molecule has 0 fully saturated rings. The Labute approximate surface area is 79.0 Å². The van der Waals surface area contributed by atoms with Gasteiger partial charge in [-0.1, -0.05) is 6.07 Å². The smallest absolute Gasteiger partial charge is 0.305 e. The van der Waals surface area contributed by atoms with E-state index in [0.717, 1.165) is 12.1 Å². The summed E-state index contributed by atoms with van der Waals surface area (Å²) >= 11 is 0. The van der Waals surface area contributed by atoms with Gasteiger partial charge in [-0.15, -0.1) is 0 Å². The van der Waals surface area contributed by atoms with Gasteiger partial charge < -0.3 is 5.73 Å². The van der Waals surface area contributed by atoms with E-state index in [0.29, 0.717) is 5.56 Å². The summed E-state index contributed by atoms with van der Waals surface area (Å²) < 4.78 is 12.8.